The number of nitrogens with zero attached hydrogens (tertiary/aromatic N) is 2. The number of carbonyl (C=O) groups is 3. The zero-order valence-electron chi connectivity index (χ0n) is 21.3. The molecule has 2 N–H and O–H groups in total. The highest BCUT2D eigenvalue weighted by atomic mass is 32.1. The Morgan fingerprint density at radius 3 is 2.32 bits per heavy atom. The molecule has 0 aliphatic heterocycles. The second-order valence-corrected chi connectivity index (χ2v) is 9.82. The quantitative estimate of drug-likeness (QED) is 0.341. The molecule has 0 radical (unpaired) electrons. The molecule has 188 valence electrons. The van der Waals surface area contributed by atoms with Crippen molar-refractivity contribution in [1.29, 1.82) is 5.26 Å². The van der Waals surface area contributed by atoms with Crippen LogP contribution in [0.2, 0.25) is 0 Å². The van der Waals surface area contributed by atoms with Crippen molar-refractivity contribution >= 4 is 30.5 Å². The number of rotatable bonds is 10. The van der Waals surface area contributed by atoms with Crippen molar-refractivity contribution in [2.75, 3.05) is 12.3 Å². The van der Waals surface area contributed by atoms with Crippen LogP contribution in [0.4, 0.5) is 4.79 Å². The molecule has 0 aromatic heterocycles. The van der Waals surface area contributed by atoms with Crippen LogP contribution in [0.15, 0.2) is 18.2 Å². The van der Waals surface area contributed by atoms with Crippen LogP contribution in [0.25, 0.3) is 0 Å². The van der Waals surface area contributed by atoms with Crippen molar-refractivity contribution in [2.24, 2.45) is 0 Å². The molecule has 0 aliphatic carbocycles. The van der Waals surface area contributed by atoms with Gasteiger partial charge in [-0.05, 0) is 64.7 Å². The first-order valence-electron chi connectivity index (χ1n) is 11.5. The van der Waals surface area contributed by atoms with E-state index in [1.54, 1.807) is 26.8 Å². The van der Waals surface area contributed by atoms with Gasteiger partial charge in [0.05, 0.1) is 6.07 Å². The van der Waals surface area contributed by atoms with E-state index in [0.717, 1.165) is 24.0 Å². The summed E-state index contributed by atoms with van der Waals surface area (Å²) in [4.78, 5) is 40.4. The Bertz CT molecular complexity index is 907. The average Bonchev–Trinajstić information content (AvgIpc) is 2.72. The van der Waals surface area contributed by atoms with E-state index in [2.05, 4.69) is 23.3 Å². The molecule has 1 aromatic rings. The molecule has 3 atom stereocenters. The summed E-state index contributed by atoms with van der Waals surface area (Å²) in [5.41, 5.74) is 1.83. The third kappa shape index (κ3) is 8.90. The molecule has 1 rings (SSSR count). The number of nitriles is 1. The maximum Gasteiger partial charge on any atom is 0.408 e. The third-order valence-corrected chi connectivity index (χ3v) is 5.58. The van der Waals surface area contributed by atoms with Gasteiger partial charge in [0.25, 0.3) is 0 Å². The maximum atomic E-state index is 13.5. The number of hydrogen-bond acceptors (Lipinski definition) is 6. The predicted molar refractivity (Wildman–Crippen MR) is 136 cm³/mol. The number of ether oxygens (including phenoxy) is 1. The van der Waals surface area contributed by atoms with Gasteiger partial charge in [-0.15, -0.1) is 0 Å². The largest absolute Gasteiger partial charge is 0.444 e. The Kier molecular flexibility index (Phi) is 11.4. The van der Waals surface area contributed by atoms with Crippen LogP contribution < -0.4 is 10.6 Å². The van der Waals surface area contributed by atoms with Crippen LogP contribution in [0, 0.1) is 25.2 Å². The Balaban J connectivity index is 3.39. The summed E-state index contributed by atoms with van der Waals surface area (Å²) < 4.78 is 5.26. The summed E-state index contributed by atoms with van der Waals surface area (Å²) in [5.74, 6) is -1.01. The lowest BCUT2D eigenvalue weighted by Crippen LogP contribution is -2.54. The van der Waals surface area contributed by atoms with Gasteiger partial charge in [-0.1, -0.05) is 31.5 Å². The van der Waals surface area contributed by atoms with E-state index < -0.39 is 29.7 Å². The second kappa shape index (κ2) is 13.2. The molecule has 3 unspecified atom stereocenters. The van der Waals surface area contributed by atoms with Crippen molar-refractivity contribution in [3.63, 3.8) is 0 Å². The summed E-state index contributed by atoms with van der Waals surface area (Å²) in [6, 6.07) is 5.26. The van der Waals surface area contributed by atoms with Gasteiger partial charge in [0.15, 0.2) is 0 Å². The van der Waals surface area contributed by atoms with Gasteiger partial charge in [0, 0.05) is 11.8 Å². The molecular formula is C25H38N4O4S. The normalized spacial score (nSPS) is 13.7. The molecule has 1 aromatic carbocycles. The molecule has 0 aliphatic rings. The first-order valence-corrected chi connectivity index (χ1v) is 12.1. The number of amides is 3. The Morgan fingerprint density at radius 1 is 1.18 bits per heavy atom. The summed E-state index contributed by atoms with van der Waals surface area (Å²) in [5, 5.41) is 15.0. The van der Waals surface area contributed by atoms with Crippen molar-refractivity contribution in [2.45, 2.75) is 85.0 Å². The molecular weight excluding hydrogens is 452 g/mol. The zero-order chi connectivity index (χ0) is 26.1. The Hall–Kier alpha value is -2.73. The van der Waals surface area contributed by atoms with E-state index in [9.17, 15) is 19.6 Å². The molecule has 34 heavy (non-hydrogen) atoms. The highest BCUT2D eigenvalue weighted by molar-refractivity contribution is 7.80. The maximum absolute atomic E-state index is 13.5. The SMILES string of the molecule is CCCC(C)NC(=O)C(c1ccc(C)c(C)c1)N(CC#N)C(=O)C(CS)NC(=O)OC(C)(C)C. The minimum atomic E-state index is -1.08. The van der Waals surface area contributed by atoms with E-state index in [1.165, 1.54) is 4.90 Å². The summed E-state index contributed by atoms with van der Waals surface area (Å²) in [6.45, 7) is 12.6. The van der Waals surface area contributed by atoms with E-state index >= 15 is 0 Å². The van der Waals surface area contributed by atoms with Crippen LogP contribution in [-0.2, 0) is 14.3 Å². The van der Waals surface area contributed by atoms with Gasteiger partial charge in [0.1, 0.15) is 24.2 Å². The predicted octanol–water partition coefficient (Wildman–Crippen LogP) is 3.82. The first-order chi connectivity index (χ1) is 15.8. The highest BCUT2D eigenvalue weighted by Gasteiger charge is 2.36. The van der Waals surface area contributed by atoms with E-state index in [-0.39, 0.29) is 24.2 Å². The first kappa shape index (κ1) is 29.3. The van der Waals surface area contributed by atoms with Crippen LogP contribution in [0.5, 0.6) is 0 Å². The molecule has 9 heteroatoms. The lowest BCUT2D eigenvalue weighted by Gasteiger charge is -2.33. The summed E-state index contributed by atoms with van der Waals surface area (Å²) in [7, 11) is 0. The molecule has 0 bridgehead atoms. The minimum Gasteiger partial charge on any atom is -0.444 e. The van der Waals surface area contributed by atoms with Crippen molar-refractivity contribution < 1.29 is 19.1 Å². The van der Waals surface area contributed by atoms with Crippen molar-refractivity contribution in [3.8, 4) is 6.07 Å². The van der Waals surface area contributed by atoms with Gasteiger partial charge in [-0.3, -0.25) is 9.59 Å². The second-order valence-electron chi connectivity index (χ2n) is 9.45. The fourth-order valence-corrected chi connectivity index (χ4v) is 3.69. The molecule has 0 spiro atoms. The number of thiol groups is 1. The Labute approximate surface area is 208 Å². The number of carbonyl (C=O) groups excluding carboxylic acids is 3. The number of alkyl carbamates (subject to hydrolysis) is 1. The lowest BCUT2D eigenvalue weighted by molar-refractivity contribution is -0.141. The molecule has 0 saturated heterocycles. The molecule has 0 fully saturated rings. The number of nitrogens with one attached hydrogen (secondary N) is 2. The lowest BCUT2D eigenvalue weighted by atomic mass is 9.98. The van der Waals surface area contributed by atoms with Gasteiger partial charge in [0.2, 0.25) is 11.8 Å². The van der Waals surface area contributed by atoms with Gasteiger partial charge >= 0.3 is 6.09 Å². The van der Waals surface area contributed by atoms with Gasteiger partial charge < -0.3 is 20.3 Å². The molecule has 8 nitrogen and oxygen atoms in total. The highest BCUT2D eigenvalue weighted by Crippen LogP contribution is 2.25. The fraction of sp³-hybridized carbons (Fsp3) is 0.600. The summed E-state index contributed by atoms with van der Waals surface area (Å²) in [6.07, 6.45) is 0.885. The van der Waals surface area contributed by atoms with Crippen molar-refractivity contribution in [1.82, 2.24) is 15.5 Å². The summed E-state index contributed by atoms with van der Waals surface area (Å²) >= 11 is 4.22. The third-order valence-electron chi connectivity index (χ3n) is 5.21. The number of benzene rings is 1. The topological polar surface area (TPSA) is 112 Å². The molecule has 0 saturated carbocycles. The molecule has 0 heterocycles. The number of aryl methyl sites for hydroxylation is 2. The van der Waals surface area contributed by atoms with Crippen molar-refractivity contribution in [3.05, 3.63) is 34.9 Å². The zero-order valence-corrected chi connectivity index (χ0v) is 22.2. The van der Waals surface area contributed by atoms with Crippen LogP contribution in [0.1, 0.15) is 70.2 Å². The smallest absolute Gasteiger partial charge is 0.408 e. The van der Waals surface area contributed by atoms with Gasteiger partial charge in [-0.25, -0.2) is 4.79 Å². The monoisotopic (exact) mass is 490 g/mol. The fourth-order valence-electron chi connectivity index (χ4n) is 3.44. The van der Waals surface area contributed by atoms with E-state index in [1.807, 2.05) is 45.9 Å². The molecule has 3 amide bonds. The Morgan fingerprint density at radius 2 is 1.82 bits per heavy atom. The van der Waals surface area contributed by atoms with E-state index in [4.69, 9.17) is 4.74 Å². The van der Waals surface area contributed by atoms with Crippen LogP contribution >= 0.6 is 12.6 Å². The standard InChI is InChI=1S/C25H38N4O4S/c1-8-9-18(4)27-22(30)21(19-11-10-16(2)17(3)14-19)29(13-12-26)23(31)20(15-34)28-24(32)33-25(5,6)7/h10-11,14,18,20-21,34H,8-9,13,15H2,1-7H3,(H,27,30)(H,28,32). The number of hydrogen-bond donors (Lipinski definition) is 3. The minimum absolute atomic E-state index is 0.0342. The van der Waals surface area contributed by atoms with E-state index in [0.29, 0.717) is 5.56 Å². The van der Waals surface area contributed by atoms with Crippen LogP contribution in [-0.4, -0.2) is 52.8 Å². The van der Waals surface area contributed by atoms with Gasteiger partial charge in [-0.2, -0.15) is 17.9 Å². The average molecular weight is 491 g/mol. The van der Waals surface area contributed by atoms with Crippen LogP contribution in [0.3, 0.4) is 0 Å².